The summed E-state index contributed by atoms with van der Waals surface area (Å²) in [6.45, 7) is 4.75. The Hall–Kier alpha value is -3.31. The Morgan fingerprint density at radius 2 is 1.79 bits per heavy atom. The average Bonchev–Trinajstić information content (AvgIpc) is 3.03. The van der Waals surface area contributed by atoms with Gasteiger partial charge >= 0.3 is 0 Å². The van der Waals surface area contributed by atoms with Gasteiger partial charge in [0.2, 0.25) is 0 Å². The van der Waals surface area contributed by atoms with E-state index in [4.69, 9.17) is 4.98 Å². The van der Waals surface area contributed by atoms with E-state index in [2.05, 4.69) is 54.6 Å². The van der Waals surface area contributed by atoms with Gasteiger partial charge in [-0.2, -0.15) is 0 Å². The van der Waals surface area contributed by atoms with Gasteiger partial charge in [0.15, 0.2) is 0 Å². The van der Waals surface area contributed by atoms with Crippen LogP contribution in [-0.4, -0.2) is 23.5 Å². The van der Waals surface area contributed by atoms with E-state index in [1.807, 2.05) is 30.3 Å². The van der Waals surface area contributed by atoms with Crippen LogP contribution in [-0.2, 0) is 0 Å². The third-order valence-corrected chi connectivity index (χ3v) is 5.30. The summed E-state index contributed by atoms with van der Waals surface area (Å²) >= 11 is 0. The first kappa shape index (κ1) is 17.8. The molecule has 0 atom stereocenters. The zero-order valence-corrected chi connectivity index (χ0v) is 16.5. The van der Waals surface area contributed by atoms with Gasteiger partial charge in [-0.3, -0.25) is 0 Å². The van der Waals surface area contributed by atoms with Crippen molar-refractivity contribution >= 4 is 27.7 Å². The van der Waals surface area contributed by atoms with Crippen LogP contribution in [0.1, 0.15) is 20.3 Å². The fraction of sp³-hybridized carbons (Fsp3) is 0.208. The van der Waals surface area contributed by atoms with E-state index in [1.54, 1.807) is 4.68 Å². The minimum Gasteiger partial charge on any atom is -0.858 e. The van der Waals surface area contributed by atoms with Crippen LogP contribution in [0.5, 0.6) is 0 Å². The molecule has 1 N–H and O–H groups in total. The SMILES string of the molecule is CC(C)NCC/C([O-])=N\[n+]1c2c(nc3ccccc31)-c1cccc3cccc-2c13. The molecule has 144 valence electrons. The lowest BCUT2D eigenvalue weighted by Crippen LogP contribution is -2.38. The fourth-order valence-electron chi connectivity index (χ4n) is 4.03. The van der Waals surface area contributed by atoms with Crippen molar-refractivity contribution in [1.82, 2.24) is 10.3 Å². The molecule has 5 heteroatoms. The summed E-state index contributed by atoms with van der Waals surface area (Å²) < 4.78 is 1.80. The standard InChI is InChI=1S/C24H22N4O/c1-15(2)25-14-13-21(29)27-28-20-12-4-3-11-19(20)26-23-17-9-5-7-16-8-6-10-18(22(16)17)24(23)28/h3-12,15,25H,13-14H2,1-2H3. The van der Waals surface area contributed by atoms with E-state index in [-0.39, 0.29) is 5.90 Å². The molecule has 5 nitrogen and oxygen atoms in total. The number of benzene rings is 3. The first-order valence-corrected chi connectivity index (χ1v) is 9.99. The van der Waals surface area contributed by atoms with Crippen LogP contribution in [0.3, 0.4) is 0 Å². The third-order valence-electron chi connectivity index (χ3n) is 5.30. The molecule has 0 aliphatic heterocycles. The molecule has 0 saturated heterocycles. The van der Waals surface area contributed by atoms with Crippen molar-refractivity contribution in [3.63, 3.8) is 0 Å². The molecule has 1 heterocycles. The highest BCUT2D eigenvalue weighted by molar-refractivity contribution is 6.13. The number of nitrogens with zero attached hydrogens (tertiary/aromatic N) is 3. The van der Waals surface area contributed by atoms with Crippen molar-refractivity contribution in [2.45, 2.75) is 26.3 Å². The average molecular weight is 382 g/mol. The molecule has 29 heavy (non-hydrogen) atoms. The van der Waals surface area contributed by atoms with Gasteiger partial charge in [0.25, 0.3) is 11.2 Å². The van der Waals surface area contributed by atoms with Crippen LogP contribution < -0.4 is 15.1 Å². The second kappa shape index (κ2) is 6.94. The Morgan fingerprint density at radius 1 is 1.03 bits per heavy atom. The van der Waals surface area contributed by atoms with Crippen molar-refractivity contribution < 1.29 is 9.78 Å². The Morgan fingerprint density at radius 3 is 2.59 bits per heavy atom. The summed E-state index contributed by atoms with van der Waals surface area (Å²) in [4.78, 5) is 4.94. The Kier molecular flexibility index (Phi) is 4.25. The van der Waals surface area contributed by atoms with Crippen LogP contribution in [0.15, 0.2) is 65.8 Å². The molecule has 1 aliphatic rings. The van der Waals surface area contributed by atoms with E-state index < -0.39 is 0 Å². The van der Waals surface area contributed by atoms with Gasteiger partial charge in [-0.1, -0.05) is 56.3 Å². The van der Waals surface area contributed by atoms with Gasteiger partial charge in [-0.05, 0) is 40.3 Å². The Balaban J connectivity index is 1.74. The molecular formula is C24H22N4O. The van der Waals surface area contributed by atoms with Crippen molar-refractivity contribution in [3.8, 4) is 22.5 Å². The smallest absolute Gasteiger partial charge is 0.272 e. The maximum Gasteiger partial charge on any atom is 0.272 e. The Bertz CT molecular complexity index is 1270. The quantitative estimate of drug-likeness (QED) is 0.288. The van der Waals surface area contributed by atoms with Crippen LogP contribution in [0.4, 0.5) is 0 Å². The molecule has 1 aliphatic carbocycles. The highest BCUT2D eigenvalue weighted by atomic mass is 16.3. The minimum absolute atomic E-state index is 0.148. The number of hydrogen-bond donors (Lipinski definition) is 1. The molecule has 5 rings (SSSR count). The molecule has 3 aromatic carbocycles. The predicted octanol–water partition coefficient (Wildman–Crippen LogP) is 3.23. The maximum absolute atomic E-state index is 12.7. The number of hydrogen-bond acceptors (Lipinski definition) is 4. The molecule has 0 bridgehead atoms. The first-order valence-electron chi connectivity index (χ1n) is 9.99. The number of para-hydroxylation sites is 2. The van der Waals surface area contributed by atoms with Gasteiger partial charge in [0.1, 0.15) is 11.2 Å². The summed E-state index contributed by atoms with van der Waals surface area (Å²) in [5.41, 5.74) is 5.60. The van der Waals surface area contributed by atoms with Gasteiger partial charge in [0.05, 0.1) is 5.56 Å². The van der Waals surface area contributed by atoms with Crippen molar-refractivity contribution in [2.75, 3.05) is 6.54 Å². The van der Waals surface area contributed by atoms with Crippen molar-refractivity contribution in [3.05, 3.63) is 60.7 Å². The maximum atomic E-state index is 12.7. The highest BCUT2D eigenvalue weighted by Crippen LogP contribution is 2.44. The molecule has 0 fully saturated rings. The van der Waals surface area contributed by atoms with Gasteiger partial charge < -0.3 is 10.4 Å². The fourth-order valence-corrected chi connectivity index (χ4v) is 4.03. The third kappa shape index (κ3) is 2.95. The summed E-state index contributed by atoms with van der Waals surface area (Å²) in [6, 6.07) is 20.7. The summed E-state index contributed by atoms with van der Waals surface area (Å²) in [7, 11) is 0. The van der Waals surface area contributed by atoms with E-state index in [9.17, 15) is 5.11 Å². The van der Waals surface area contributed by atoms with E-state index in [0.717, 1.165) is 33.5 Å². The lowest BCUT2D eigenvalue weighted by Gasteiger charge is -2.11. The molecule has 1 aromatic heterocycles. The van der Waals surface area contributed by atoms with Gasteiger partial charge in [-0.25, -0.2) is 4.98 Å². The number of nitrogens with one attached hydrogen (secondary N) is 1. The van der Waals surface area contributed by atoms with Crippen molar-refractivity contribution in [2.24, 2.45) is 5.10 Å². The lowest BCUT2D eigenvalue weighted by molar-refractivity contribution is -0.644. The molecule has 0 saturated carbocycles. The lowest BCUT2D eigenvalue weighted by atomic mass is 10.0. The first-order chi connectivity index (χ1) is 14.1. The largest absolute Gasteiger partial charge is 0.858 e. The molecular weight excluding hydrogens is 360 g/mol. The summed E-state index contributed by atoms with van der Waals surface area (Å²) in [5.74, 6) is -0.148. The van der Waals surface area contributed by atoms with Crippen LogP contribution >= 0.6 is 0 Å². The second-order valence-electron chi connectivity index (χ2n) is 7.67. The topological polar surface area (TPSA) is 64.2 Å². The van der Waals surface area contributed by atoms with Crippen LogP contribution in [0, 0.1) is 0 Å². The number of aromatic nitrogens is 2. The summed E-state index contributed by atoms with van der Waals surface area (Å²) in [5, 5.41) is 22.8. The highest BCUT2D eigenvalue weighted by Gasteiger charge is 2.33. The van der Waals surface area contributed by atoms with Crippen molar-refractivity contribution in [1.29, 1.82) is 0 Å². The van der Waals surface area contributed by atoms with Gasteiger partial charge in [0, 0.05) is 29.0 Å². The molecule has 4 aromatic rings. The van der Waals surface area contributed by atoms with E-state index in [1.165, 1.54) is 10.8 Å². The van der Waals surface area contributed by atoms with Crippen LogP contribution in [0.2, 0.25) is 0 Å². The summed E-state index contributed by atoms with van der Waals surface area (Å²) in [6.07, 6.45) is 0.355. The Labute approximate surface area is 169 Å². The number of fused-ring (bicyclic) bond motifs is 4. The van der Waals surface area contributed by atoms with E-state index >= 15 is 0 Å². The van der Waals surface area contributed by atoms with Gasteiger partial charge in [-0.15, -0.1) is 0 Å². The molecule has 0 amide bonds. The predicted molar refractivity (Wildman–Crippen MR) is 114 cm³/mol. The molecule has 0 unspecified atom stereocenters. The van der Waals surface area contributed by atoms with Crippen LogP contribution in [0.25, 0.3) is 44.3 Å². The van der Waals surface area contributed by atoms with E-state index in [0.29, 0.717) is 19.0 Å². The minimum atomic E-state index is -0.148. The number of rotatable bonds is 5. The normalized spacial score (nSPS) is 12.9. The zero-order chi connectivity index (χ0) is 20.0. The molecule has 0 radical (unpaired) electrons. The molecule has 0 spiro atoms. The second-order valence-corrected chi connectivity index (χ2v) is 7.67. The monoisotopic (exact) mass is 382 g/mol. The zero-order valence-electron chi connectivity index (χ0n) is 16.5.